The van der Waals surface area contributed by atoms with E-state index in [2.05, 4.69) is 17.6 Å². The fraction of sp³-hybridized carbons (Fsp3) is 0.800. The van der Waals surface area contributed by atoms with Crippen LogP contribution in [0.2, 0.25) is 0 Å². The lowest BCUT2D eigenvalue weighted by molar-refractivity contribution is -0.135. The Hall–Kier alpha value is -0.810. The average Bonchev–Trinajstić information content (AvgIpc) is 2.64. The van der Waals surface area contributed by atoms with Crippen molar-refractivity contribution in [1.29, 1.82) is 0 Å². The summed E-state index contributed by atoms with van der Waals surface area (Å²) >= 11 is 0. The predicted molar refractivity (Wildman–Crippen MR) is 62.5 cm³/mol. The summed E-state index contributed by atoms with van der Waals surface area (Å²) in [6.45, 7) is 4.39. The standard InChI is InChI=1S/C10H17N3O2.ClH/c1-7-6-13(5-4-11-7)10(15)8-2-3-9(14)12-8;/h7-8,11H,2-6H2,1H3,(H,12,14);1H. The van der Waals surface area contributed by atoms with Gasteiger partial charge in [-0.3, -0.25) is 9.59 Å². The van der Waals surface area contributed by atoms with Crippen molar-refractivity contribution in [2.24, 2.45) is 0 Å². The van der Waals surface area contributed by atoms with E-state index >= 15 is 0 Å². The van der Waals surface area contributed by atoms with Gasteiger partial charge in [-0.15, -0.1) is 12.4 Å². The van der Waals surface area contributed by atoms with Gasteiger partial charge in [-0.25, -0.2) is 0 Å². The summed E-state index contributed by atoms with van der Waals surface area (Å²) in [4.78, 5) is 24.8. The van der Waals surface area contributed by atoms with Crippen LogP contribution in [-0.4, -0.2) is 48.4 Å². The maximum Gasteiger partial charge on any atom is 0.245 e. The van der Waals surface area contributed by atoms with Gasteiger partial charge in [0.15, 0.2) is 0 Å². The molecule has 0 radical (unpaired) electrons. The summed E-state index contributed by atoms with van der Waals surface area (Å²) in [5.41, 5.74) is 0. The number of hydrogen-bond donors (Lipinski definition) is 2. The molecule has 0 aromatic rings. The van der Waals surface area contributed by atoms with E-state index in [-0.39, 0.29) is 30.3 Å². The van der Waals surface area contributed by atoms with E-state index < -0.39 is 0 Å². The molecule has 2 N–H and O–H groups in total. The molecule has 2 fully saturated rings. The number of hydrogen-bond acceptors (Lipinski definition) is 3. The van der Waals surface area contributed by atoms with Crippen molar-refractivity contribution in [2.45, 2.75) is 31.8 Å². The first-order chi connectivity index (χ1) is 7.16. The largest absolute Gasteiger partial charge is 0.344 e. The molecule has 0 aromatic heterocycles. The van der Waals surface area contributed by atoms with Crippen molar-refractivity contribution >= 4 is 24.2 Å². The Balaban J connectivity index is 0.00000128. The molecule has 0 aliphatic carbocycles. The molecule has 92 valence electrons. The zero-order valence-electron chi connectivity index (χ0n) is 9.36. The summed E-state index contributed by atoms with van der Waals surface area (Å²) in [6.07, 6.45) is 1.13. The van der Waals surface area contributed by atoms with Gasteiger partial charge >= 0.3 is 0 Å². The fourth-order valence-corrected chi connectivity index (χ4v) is 2.15. The Morgan fingerprint density at radius 1 is 1.50 bits per heavy atom. The molecule has 2 aliphatic heterocycles. The van der Waals surface area contributed by atoms with Crippen molar-refractivity contribution in [2.75, 3.05) is 19.6 Å². The van der Waals surface area contributed by atoms with Crippen LogP contribution in [0.1, 0.15) is 19.8 Å². The molecule has 2 amide bonds. The number of carbonyl (C=O) groups excluding carboxylic acids is 2. The van der Waals surface area contributed by atoms with Gasteiger partial charge in [-0.1, -0.05) is 0 Å². The van der Waals surface area contributed by atoms with Gasteiger partial charge < -0.3 is 15.5 Å². The molecule has 0 aromatic carbocycles. The molecule has 6 heteroatoms. The van der Waals surface area contributed by atoms with Gasteiger partial charge in [0.2, 0.25) is 11.8 Å². The Morgan fingerprint density at radius 3 is 2.81 bits per heavy atom. The monoisotopic (exact) mass is 247 g/mol. The fourth-order valence-electron chi connectivity index (χ4n) is 2.15. The molecular weight excluding hydrogens is 230 g/mol. The Kier molecular flexibility index (Phi) is 4.56. The minimum Gasteiger partial charge on any atom is -0.344 e. The van der Waals surface area contributed by atoms with E-state index in [9.17, 15) is 9.59 Å². The summed E-state index contributed by atoms with van der Waals surface area (Å²) in [7, 11) is 0. The maximum absolute atomic E-state index is 12.0. The van der Waals surface area contributed by atoms with Gasteiger partial charge in [0, 0.05) is 32.1 Å². The molecule has 2 saturated heterocycles. The lowest BCUT2D eigenvalue weighted by atomic mass is 10.1. The highest BCUT2D eigenvalue weighted by Gasteiger charge is 2.32. The third kappa shape index (κ3) is 2.86. The normalized spacial score (nSPS) is 29.6. The Morgan fingerprint density at radius 2 is 2.25 bits per heavy atom. The second-order valence-corrected chi connectivity index (χ2v) is 4.30. The third-order valence-electron chi connectivity index (χ3n) is 2.97. The highest BCUT2D eigenvalue weighted by Crippen LogP contribution is 2.11. The lowest BCUT2D eigenvalue weighted by Gasteiger charge is -2.33. The van der Waals surface area contributed by atoms with Crippen LogP contribution in [0.25, 0.3) is 0 Å². The molecule has 2 aliphatic rings. The van der Waals surface area contributed by atoms with Gasteiger partial charge in [-0.05, 0) is 13.3 Å². The molecule has 16 heavy (non-hydrogen) atoms. The van der Waals surface area contributed by atoms with Crippen LogP contribution in [0.4, 0.5) is 0 Å². The van der Waals surface area contributed by atoms with E-state index in [1.807, 2.05) is 4.90 Å². The first kappa shape index (κ1) is 13.3. The molecule has 5 nitrogen and oxygen atoms in total. The van der Waals surface area contributed by atoms with Crippen molar-refractivity contribution in [1.82, 2.24) is 15.5 Å². The summed E-state index contributed by atoms with van der Waals surface area (Å²) < 4.78 is 0. The number of rotatable bonds is 1. The van der Waals surface area contributed by atoms with Gasteiger partial charge in [0.1, 0.15) is 6.04 Å². The van der Waals surface area contributed by atoms with Crippen LogP contribution in [0.5, 0.6) is 0 Å². The van der Waals surface area contributed by atoms with E-state index in [1.54, 1.807) is 0 Å². The smallest absolute Gasteiger partial charge is 0.245 e. The molecular formula is C10H18ClN3O2. The SMILES string of the molecule is CC1CN(C(=O)C2CCC(=O)N2)CCN1.Cl. The molecule has 0 bridgehead atoms. The van der Waals surface area contributed by atoms with Crippen LogP contribution in [0, 0.1) is 0 Å². The molecule has 2 atom stereocenters. The van der Waals surface area contributed by atoms with Crippen molar-refractivity contribution < 1.29 is 9.59 Å². The topological polar surface area (TPSA) is 61.4 Å². The lowest BCUT2D eigenvalue weighted by Crippen LogP contribution is -2.55. The third-order valence-corrected chi connectivity index (χ3v) is 2.97. The highest BCUT2D eigenvalue weighted by atomic mass is 35.5. The summed E-state index contributed by atoms with van der Waals surface area (Å²) in [5.74, 6) is 0.0748. The van der Waals surface area contributed by atoms with Crippen LogP contribution in [0.15, 0.2) is 0 Å². The number of carbonyl (C=O) groups is 2. The maximum atomic E-state index is 12.0. The molecule has 0 saturated carbocycles. The van der Waals surface area contributed by atoms with E-state index in [0.29, 0.717) is 18.9 Å². The van der Waals surface area contributed by atoms with Crippen molar-refractivity contribution in [3.05, 3.63) is 0 Å². The number of piperazine rings is 1. The van der Waals surface area contributed by atoms with Crippen LogP contribution >= 0.6 is 12.4 Å². The molecule has 2 heterocycles. The van der Waals surface area contributed by atoms with Crippen molar-refractivity contribution in [3.8, 4) is 0 Å². The van der Waals surface area contributed by atoms with E-state index in [1.165, 1.54) is 0 Å². The molecule has 2 unspecified atom stereocenters. The predicted octanol–water partition coefficient (Wildman–Crippen LogP) is -0.493. The first-order valence-corrected chi connectivity index (χ1v) is 5.48. The number of nitrogens with zero attached hydrogens (tertiary/aromatic N) is 1. The summed E-state index contributed by atoms with van der Waals surface area (Å²) in [5, 5.41) is 6.00. The first-order valence-electron chi connectivity index (χ1n) is 5.48. The number of amides is 2. The van der Waals surface area contributed by atoms with Crippen LogP contribution in [0.3, 0.4) is 0 Å². The minimum absolute atomic E-state index is 0. The van der Waals surface area contributed by atoms with Crippen LogP contribution < -0.4 is 10.6 Å². The zero-order valence-corrected chi connectivity index (χ0v) is 10.2. The number of halogens is 1. The molecule has 0 spiro atoms. The number of nitrogens with one attached hydrogen (secondary N) is 2. The van der Waals surface area contributed by atoms with Gasteiger partial charge in [0.05, 0.1) is 0 Å². The second kappa shape index (κ2) is 5.50. The van der Waals surface area contributed by atoms with Gasteiger partial charge in [-0.2, -0.15) is 0 Å². The molecule has 2 rings (SSSR count). The van der Waals surface area contributed by atoms with Gasteiger partial charge in [0.25, 0.3) is 0 Å². The quantitative estimate of drug-likeness (QED) is 0.657. The van der Waals surface area contributed by atoms with E-state index in [0.717, 1.165) is 19.6 Å². The Bertz CT molecular complexity index is 285. The summed E-state index contributed by atoms with van der Waals surface area (Å²) in [6, 6.07) is 0.0719. The van der Waals surface area contributed by atoms with Crippen LogP contribution in [-0.2, 0) is 9.59 Å². The zero-order chi connectivity index (χ0) is 10.8. The minimum atomic E-state index is -0.275. The second-order valence-electron chi connectivity index (χ2n) is 4.30. The Labute approximate surface area is 101 Å². The van der Waals surface area contributed by atoms with E-state index in [4.69, 9.17) is 0 Å². The highest BCUT2D eigenvalue weighted by molar-refractivity contribution is 5.90. The average molecular weight is 248 g/mol. The van der Waals surface area contributed by atoms with Crippen molar-refractivity contribution in [3.63, 3.8) is 0 Å².